The van der Waals surface area contributed by atoms with Crippen LogP contribution in [0.2, 0.25) is 0 Å². The number of methoxy groups -OCH3 is 1. The molecule has 1 heterocycles. The van der Waals surface area contributed by atoms with Crippen molar-refractivity contribution in [1.82, 2.24) is 0 Å². The number of carbonyl (C=O) groups is 1. The Kier molecular flexibility index (Phi) is 5.99. The van der Waals surface area contributed by atoms with Crippen molar-refractivity contribution in [2.45, 2.75) is 12.4 Å². The lowest BCUT2D eigenvalue weighted by Gasteiger charge is -2.28. The number of carbonyl (C=O) groups excluding carboxylic acids is 1. The van der Waals surface area contributed by atoms with Crippen LogP contribution >= 0.6 is 15.9 Å². The van der Waals surface area contributed by atoms with Gasteiger partial charge in [-0.3, -0.25) is 0 Å². The van der Waals surface area contributed by atoms with Crippen LogP contribution in [0.25, 0.3) is 0 Å². The summed E-state index contributed by atoms with van der Waals surface area (Å²) in [6.07, 6.45) is 0. The Morgan fingerprint density at radius 3 is 1.97 bits per heavy atom. The molecule has 1 aliphatic rings. The van der Waals surface area contributed by atoms with E-state index >= 15 is 0 Å². The third kappa shape index (κ3) is 3.90. The van der Waals surface area contributed by atoms with Crippen molar-refractivity contribution >= 4 is 21.9 Å². The molecule has 5 rings (SSSR count). The zero-order valence-electron chi connectivity index (χ0n) is 18.4. The normalized spacial score (nSPS) is 13.4. The first-order chi connectivity index (χ1) is 16.6. The summed E-state index contributed by atoms with van der Waals surface area (Å²) >= 11 is 3.54. The van der Waals surface area contributed by atoms with E-state index in [2.05, 4.69) is 15.9 Å². The predicted molar refractivity (Wildman–Crippen MR) is 131 cm³/mol. The van der Waals surface area contributed by atoms with E-state index in [9.17, 15) is 4.79 Å². The smallest absolute Gasteiger partial charge is 0.339 e. The van der Waals surface area contributed by atoms with Crippen molar-refractivity contribution in [2.24, 2.45) is 0 Å². The van der Waals surface area contributed by atoms with Crippen molar-refractivity contribution in [3.63, 3.8) is 0 Å². The van der Waals surface area contributed by atoms with Crippen LogP contribution in [0.4, 0.5) is 0 Å². The van der Waals surface area contributed by atoms with Gasteiger partial charge in [-0.2, -0.15) is 0 Å². The molecule has 0 N–H and O–H groups in total. The Morgan fingerprint density at radius 2 is 1.41 bits per heavy atom. The average Bonchev–Trinajstić information content (AvgIpc) is 3.30. The molecule has 0 atom stereocenters. The Bertz CT molecular complexity index is 1270. The summed E-state index contributed by atoms with van der Waals surface area (Å²) in [4.78, 5) is 12.6. The van der Waals surface area contributed by atoms with E-state index in [1.54, 1.807) is 6.07 Å². The van der Waals surface area contributed by atoms with Crippen LogP contribution in [0.5, 0.6) is 17.2 Å². The van der Waals surface area contributed by atoms with Gasteiger partial charge in [0.2, 0.25) is 5.75 Å². The van der Waals surface area contributed by atoms with Gasteiger partial charge in [0.15, 0.2) is 11.5 Å². The minimum absolute atomic E-state index is 0.281. The molecule has 0 bridgehead atoms. The standard InChI is InChI=1S/C28H21BrO5/c1-31-27(30)22-17-23-25(26(24(22)29)32-18-19-11-5-2-6-12-19)34-28(33-23,20-13-7-3-8-14-20)21-15-9-4-10-16-21/h2-17H,18H2,1H3. The molecule has 1 aliphatic heterocycles. The molecule has 0 aromatic heterocycles. The molecule has 0 radical (unpaired) electrons. The maximum atomic E-state index is 12.6. The van der Waals surface area contributed by atoms with Crippen molar-refractivity contribution in [3.05, 3.63) is 124 Å². The fourth-order valence-electron chi connectivity index (χ4n) is 3.92. The Morgan fingerprint density at radius 1 is 0.853 bits per heavy atom. The Labute approximate surface area is 206 Å². The van der Waals surface area contributed by atoms with E-state index in [-0.39, 0.29) is 12.2 Å². The summed E-state index contributed by atoms with van der Waals surface area (Å²) in [7, 11) is 1.34. The summed E-state index contributed by atoms with van der Waals surface area (Å²) in [6, 6.07) is 30.7. The van der Waals surface area contributed by atoms with Crippen LogP contribution in [-0.2, 0) is 17.1 Å². The van der Waals surface area contributed by atoms with Gasteiger partial charge in [-0.05, 0) is 21.5 Å². The molecule has 0 spiro atoms. The summed E-state index contributed by atoms with van der Waals surface area (Å²) in [5, 5.41) is 0. The van der Waals surface area contributed by atoms with Crippen LogP contribution in [0.3, 0.4) is 0 Å². The topological polar surface area (TPSA) is 54.0 Å². The molecular weight excluding hydrogens is 496 g/mol. The minimum atomic E-state index is -1.25. The van der Waals surface area contributed by atoms with Gasteiger partial charge in [0.05, 0.1) is 17.1 Å². The van der Waals surface area contributed by atoms with Crippen molar-refractivity contribution in [3.8, 4) is 17.2 Å². The second kappa shape index (κ2) is 9.23. The van der Waals surface area contributed by atoms with E-state index in [1.165, 1.54) is 7.11 Å². The van der Waals surface area contributed by atoms with E-state index in [0.29, 0.717) is 21.7 Å². The maximum Gasteiger partial charge on any atom is 0.339 e. The molecule has 6 heteroatoms. The molecule has 34 heavy (non-hydrogen) atoms. The first kappa shape index (κ1) is 22.0. The Hall–Kier alpha value is -3.77. The maximum absolute atomic E-state index is 12.6. The van der Waals surface area contributed by atoms with E-state index in [4.69, 9.17) is 18.9 Å². The van der Waals surface area contributed by atoms with Crippen molar-refractivity contribution in [1.29, 1.82) is 0 Å². The number of esters is 1. The van der Waals surface area contributed by atoms with Gasteiger partial charge in [-0.1, -0.05) is 91.0 Å². The number of halogens is 1. The lowest BCUT2D eigenvalue weighted by Crippen LogP contribution is -2.36. The monoisotopic (exact) mass is 516 g/mol. The van der Waals surface area contributed by atoms with Gasteiger partial charge in [-0.15, -0.1) is 0 Å². The number of rotatable bonds is 6. The number of benzene rings is 4. The van der Waals surface area contributed by atoms with Gasteiger partial charge < -0.3 is 18.9 Å². The highest BCUT2D eigenvalue weighted by Gasteiger charge is 2.47. The predicted octanol–water partition coefficient (Wildman–Crippen LogP) is 6.49. The second-order valence-corrected chi connectivity index (χ2v) is 8.51. The molecule has 0 amide bonds. The number of ether oxygens (including phenoxy) is 4. The van der Waals surface area contributed by atoms with Gasteiger partial charge in [0.1, 0.15) is 6.61 Å². The molecule has 0 saturated heterocycles. The van der Waals surface area contributed by atoms with Crippen molar-refractivity contribution < 1.29 is 23.7 Å². The molecule has 0 fully saturated rings. The van der Waals surface area contributed by atoms with Crippen LogP contribution in [0.15, 0.2) is 102 Å². The molecule has 0 unspecified atom stereocenters. The third-order valence-corrected chi connectivity index (χ3v) is 6.37. The molecule has 4 aromatic rings. The zero-order valence-corrected chi connectivity index (χ0v) is 19.9. The summed E-state index contributed by atoms with van der Waals surface area (Å²) in [5.41, 5.74) is 2.87. The highest BCUT2D eigenvalue weighted by molar-refractivity contribution is 9.10. The average molecular weight is 517 g/mol. The second-order valence-electron chi connectivity index (χ2n) is 7.71. The summed E-state index contributed by atoms with van der Waals surface area (Å²) in [5.74, 6) is -0.595. The van der Waals surface area contributed by atoms with Crippen LogP contribution in [0.1, 0.15) is 27.0 Å². The fourth-order valence-corrected chi connectivity index (χ4v) is 4.49. The van der Waals surface area contributed by atoms with Gasteiger partial charge >= 0.3 is 11.8 Å². The Balaban J connectivity index is 1.65. The third-order valence-electron chi connectivity index (χ3n) is 5.58. The zero-order chi connectivity index (χ0) is 23.5. The van der Waals surface area contributed by atoms with E-state index < -0.39 is 11.8 Å². The lowest BCUT2D eigenvalue weighted by molar-refractivity contribution is -0.0469. The highest BCUT2D eigenvalue weighted by Crippen LogP contribution is 2.55. The van der Waals surface area contributed by atoms with Gasteiger partial charge in [0, 0.05) is 17.2 Å². The largest absolute Gasteiger partial charge is 0.484 e. The first-order valence-electron chi connectivity index (χ1n) is 10.7. The molecule has 5 nitrogen and oxygen atoms in total. The van der Waals surface area contributed by atoms with Crippen molar-refractivity contribution in [2.75, 3.05) is 7.11 Å². The molecule has 0 saturated carbocycles. The molecule has 170 valence electrons. The van der Waals surface area contributed by atoms with Crippen LogP contribution in [0, 0.1) is 0 Å². The number of fused-ring (bicyclic) bond motifs is 1. The molecule has 4 aromatic carbocycles. The lowest BCUT2D eigenvalue weighted by atomic mass is 9.97. The molecule has 0 aliphatic carbocycles. The first-order valence-corrected chi connectivity index (χ1v) is 11.5. The quantitative estimate of drug-likeness (QED) is 0.274. The SMILES string of the molecule is COC(=O)c1cc2c(c(OCc3ccccc3)c1Br)OC(c1ccccc1)(c1ccccc1)O2. The number of hydrogen-bond acceptors (Lipinski definition) is 5. The molecular formula is C28H21BrO5. The summed E-state index contributed by atoms with van der Waals surface area (Å²) < 4.78 is 24.8. The summed E-state index contributed by atoms with van der Waals surface area (Å²) in [6.45, 7) is 0.281. The highest BCUT2D eigenvalue weighted by atomic mass is 79.9. The minimum Gasteiger partial charge on any atom is -0.484 e. The van der Waals surface area contributed by atoms with Gasteiger partial charge in [0.25, 0.3) is 0 Å². The van der Waals surface area contributed by atoms with Crippen LogP contribution in [-0.4, -0.2) is 13.1 Å². The fraction of sp³-hybridized carbons (Fsp3) is 0.107. The van der Waals surface area contributed by atoms with Crippen LogP contribution < -0.4 is 14.2 Å². The van der Waals surface area contributed by atoms with E-state index in [0.717, 1.165) is 16.7 Å². The number of hydrogen-bond donors (Lipinski definition) is 0. The van der Waals surface area contributed by atoms with E-state index in [1.807, 2.05) is 91.0 Å². The van der Waals surface area contributed by atoms with Gasteiger partial charge in [-0.25, -0.2) is 4.79 Å².